The van der Waals surface area contributed by atoms with Crippen LogP contribution in [0.4, 0.5) is 0 Å². The highest BCUT2D eigenvalue weighted by Gasteiger charge is 2.05. The minimum Gasteiger partial charge on any atom is -0.497 e. The standard InChI is InChI=1S/C18H17N3O3/c1-13(14-3-9-17(10-4-14)24-12-11-19)20-21-18(22)15-5-7-16(23-2)8-6-15/h3-10H,12H2,1-2H3,(H,21,22)/b20-13-. The van der Waals surface area contributed by atoms with Crippen LogP contribution in [-0.2, 0) is 0 Å². The molecule has 0 heterocycles. The Bertz CT molecular complexity index is 760. The van der Waals surface area contributed by atoms with Crippen LogP contribution < -0.4 is 14.9 Å². The van der Waals surface area contributed by atoms with E-state index in [1.165, 1.54) is 0 Å². The Hall–Kier alpha value is -3.33. The fourth-order valence-electron chi connectivity index (χ4n) is 1.91. The number of hydrazone groups is 1. The zero-order valence-corrected chi connectivity index (χ0v) is 13.4. The maximum atomic E-state index is 12.0. The van der Waals surface area contributed by atoms with Crippen molar-refractivity contribution in [1.82, 2.24) is 5.43 Å². The molecule has 2 rings (SSSR count). The molecule has 1 N–H and O–H groups in total. The van der Waals surface area contributed by atoms with Crippen LogP contribution in [0.1, 0.15) is 22.8 Å². The van der Waals surface area contributed by atoms with E-state index in [4.69, 9.17) is 14.7 Å². The summed E-state index contributed by atoms with van der Waals surface area (Å²) in [5, 5.41) is 12.6. The average Bonchev–Trinajstić information content (AvgIpc) is 2.64. The van der Waals surface area contributed by atoms with Gasteiger partial charge >= 0.3 is 0 Å². The van der Waals surface area contributed by atoms with E-state index in [0.717, 1.165) is 5.56 Å². The Morgan fingerprint density at radius 3 is 2.25 bits per heavy atom. The molecule has 2 aromatic rings. The average molecular weight is 323 g/mol. The molecule has 0 aromatic heterocycles. The first-order valence-electron chi connectivity index (χ1n) is 7.23. The van der Waals surface area contributed by atoms with E-state index in [-0.39, 0.29) is 12.5 Å². The zero-order valence-electron chi connectivity index (χ0n) is 13.4. The molecule has 6 nitrogen and oxygen atoms in total. The smallest absolute Gasteiger partial charge is 0.271 e. The highest BCUT2D eigenvalue weighted by molar-refractivity contribution is 6.00. The molecule has 2 aromatic carbocycles. The molecule has 0 bridgehead atoms. The summed E-state index contributed by atoms with van der Waals surface area (Å²) in [5.41, 5.74) is 4.51. The van der Waals surface area contributed by atoms with Gasteiger partial charge in [-0.05, 0) is 61.0 Å². The van der Waals surface area contributed by atoms with Crippen molar-refractivity contribution in [3.63, 3.8) is 0 Å². The van der Waals surface area contributed by atoms with Gasteiger partial charge in [0, 0.05) is 5.56 Å². The van der Waals surface area contributed by atoms with Crippen LogP contribution in [0.2, 0.25) is 0 Å². The number of nitrogens with one attached hydrogen (secondary N) is 1. The zero-order chi connectivity index (χ0) is 17.4. The molecule has 0 spiro atoms. The van der Waals surface area contributed by atoms with Gasteiger partial charge in [-0.25, -0.2) is 5.43 Å². The van der Waals surface area contributed by atoms with Crippen LogP contribution in [0, 0.1) is 11.3 Å². The molecule has 0 fully saturated rings. The number of carbonyl (C=O) groups excluding carboxylic acids is 1. The quantitative estimate of drug-likeness (QED) is 0.654. The van der Waals surface area contributed by atoms with Gasteiger partial charge < -0.3 is 9.47 Å². The minimum atomic E-state index is -0.300. The number of hydrogen-bond donors (Lipinski definition) is 1. The first-order chi connectivity index (χ1) is 11.6. The maximum Gasteiger partial charge on any atom is 0.271 e. The first kappa shape index (κ1) is 17.0. The van der Waals surface area contributed by atoms with Gasteiger partial charge in [0.1, 0.15) is 17.6 Å². The number of amides is 1. The lowest BCUT2D eigenvalue weighted by Crippen LogP contribution is -2.19. The van der Waals surface area contributed by atoms with Gasteiger partial charge in [-0.15, -0.1) is 0 Å². The summed E-state index contributed by atoms with van der Waals surface area (Å²) in [5.74, 6) is 0.992. The van der Waals surface area contributed by atoms with Gasteiger partial charge in [-0.1, -0.05) is 0 Å². The Morgan fingerprint density at radius 1 is 1.08 bits per heavy atom. The number of methoxy groups -OCH3 is 1. The fourth-order valence-corrected chi connectivity index (χ4v) is 1.91. The molecule has 0 saturated heterocycles. The van der Waals surface area contributed by atoms with Crippen LogP contribution in [0.25, 0.3) is 0 Å². The van der Waals surface area contributed by atoms with E-state index in [9.17, 15) is 4.79 Å². The second-order valence-corrected chi connectivity index (χ2v) is 4.84. The van der Waals surface area contributed by atoms with Crippen molar-refractivity contribution in [1.29, 1.82) is 5.26 Å². The lowest BCUT2D eigenvalue weighted by molar-refractivity contribution is 0.0955. The summed E-state index contributed by atoms with van der Waals surface area (Å²) in [7, 11) is 1.57. The van der Waals surface area contributed by atoms with Crippen molar-refractivity contribution in [2.75, 3.05) is 13.7 Å². The number of nitriles is 1. The molecule has 6 heteroatoms. The van der Waals surface area contributed by atoms with Crippen molar-refractivity contribution in [2.24, 2.45) is 5.10 Å². The first-order valence-corrected chi connectivity index (χ1v) is 7.23. The van der Waals surface area contributed by atoms with Crippen LogP contribution in [0.15, 0.2) is 53.6 Å². The summed E-state index contributed by atoms with van der Waals surface area (Å²) in [4.78, 5) is 12.0. The van der Waals surface area contributed by atoms with E-state index in [1.54, 1.807) is 50.4 Å². The normalized spacial score (nSPS) is 10.6. The van der Waals surface area contributed by atoms with Gasteiger partial charge in [0.15, 0.2) is 6.61 Å². The minimum absolute atomic E-state index is 0.00430. The molecule has 1 amide bonds. The molecule has 0 saturated carbocycles. The van der Waals surface area contributed by atoms with Crippen molar-refractivity contribution in [2.45, 2.75) is 6.92 Å². The van der Waals surface area contributed by atoms with E-state index in [1.807, 2.05) is 18.2 Å². The monoisotopic (exact) mass is 323 g/mol. The maximum absolute atomic E-state index is 12.0. The molecular formula is C18H17N3O3. The van der Waals surface area contributed by atoms with Crippen molar-refractivity contribution >= 4 is 11.6 Å². The van der Waals surface area contributed by atoms with E-state index < -0.39 is 0 Å². The largest absolute Gasteiger partial charge is 0.497 e. The Labute approximate surface area is 140 Å². The molecule has 122 valence electrons. The highest BCUT2D eigenvalue weighted by atomic mass is 16.5. The molecule has 0 atom stereocenters. The Balaban J connectivity index is 1.99. The van der Waals surface area contributed by atoms with Gasteiger partial charge in [0.25, 0.3) is 5.91 Å². The molecule has 0 aliphatic rings. The number of benzene rings is 2. The molecule has 0 radical (unpaired) electrons. The third-order valence-electron chi connectivity index (χ3n) is 3.25. The summed E-state index contributed by atoms with van der Waals surface area (Å²) < 4.78 is 10.2. The van der Waals surface area contributed by atoms with Gasteiger partial charge in [0.05, 0.1) is 12.8 Å². The summed E-state index contributed by atoms with van der Waals surface area (Å²) in [6, 6.07) is 15.8. The summed E-state index contributed by atoms with van der Waals surface area (Å²) in [6.07, 6.45) is 0. The lowest BCUT2D eigenvalue weighted by atomic mass is 10.1. The topological polar surface area (TPSA) is 83.7 Å². The predicted octanol–water partition coefficient (Wildman–Crippen LogP) is 2.75. The third-order valence-corrected chi connectivity index (χ3v) is 3.25. The second-order valence-electron chi connectivity index (χ2n) is 4.84. The van der Waals surface area contributed by atoms with Crippen molar-refractivity contribution < 1.29 is 14.3 Å². The molecule has 0 aliphatic carbocycles. The SMILES string of the molecule is COc1ccc(C(=O)N/N=C(/C)c2ccc(OCC#N)cc2)cc1. The van der Waals surface area contributed by atoms with Crippen LogP contribution in [0.3, 0.4) is 0 Å². The lowest BCUT2D eigenvalue weighted by Gasteiger charge is -2.05. The molecule has 0 unspecified atom stereocenters. The predicted molar refractivity (Wildman–Crippen MR) is 90.2 cm³/mol. The van der Waals surface area contributed by atoms with Gasteiger partial charge in [0.2, 0.25) is 0 Å². The summed E-state index contributed by atoms with van der Waals surface area (Å²) in [6.45, 7) is 1.80. The van der Waals surface area contributed by atoms with E-state index in [0.29, 0.717) is 22.8 Å². The van der Waals surface area contributed by atoms with Crippen LogP contribution in [0.5, 0.6) is 11.5 Å². The number of hydrogen-bond acceptors (Lipinski definition) is 5. The summed E-state index contributed by atoms with van der Waals surface area (Å²) >= 11 is 0. The molecule has 0 aliphatic heterocycles. The van der Waals surface area contributed by atoms with Crippen molar-refractivity contribution in [3.8, 4) is 17.6 Å². The molecular weight excluding hydrogens is 306 g/mol. The van der Waals surface area contributed by atoms with Crippen LogP contribution >= 0.6 is 0 Å². The second kappa shape index (κ2) is 8.34. The number of nitrogens with zero attached hydrogens (tertiary/aromatic N) is 2. The number of ether oxygens (including phenoxy) is 2. The van der Waals surface area contributed by atoms with E-state index in [2.05, 4.69) is 10.5 Å². The fraction of sp³-hybridized carbons (Fsp3) is 0.167. The molecule has 24 heavy (non-hydrogen) atoms. The van der Waals surface area contributed by atoms with Gasteiger partial charge in [-0.3, -0.25) is 4.79 Å². The number of rotatable bonds is 6. The van der Waals surface area contributed by atoms with Gasteiger partial charge in [-0.2, -0.15) is 10.4 Å². The van der Waals surface area contributed by atoms with E-state index >= 15 is 0 Å². The Kier molecular flexibility index (Phi) is 5.92. The van der Waals surface area contributed by atoms with Crippen LogP contribution in [-0.4, -0.2) is 25.3 Å². The third kappa shape index (κ3) is 4.58. The Morgan fingerprint density at radius 2 is 1.67 bits per heavy atom. The van der Waals surface area contributed by atoms with Crippen molar-refractivity contribution in [3.05, 3.63) is 59.7 Å². The highest BCUT2D eigenvalue weighted by Crippen LogP contribution is 2.13. The number of carbonyl (C=O) groups is 1.